The first-order valence-electron chi connectivity index (χ1n) is 11.4. The SMILES string of the molecule is CC.CC.CC.CC.CC.c1ccc(N(c2ccccc2)c2ccccc2)cc1. The van der Waals surface area contributed by atoms with Crippen molar-refractivity contribution in [2.75, 3.05) is 4.90 Å². The van der Waals surface area contributed by atoms with Crippen LogP contribution in [0.3, 0.4) is 0 Å². The van der Waals surface area contributed by atoms with E-state index in [4.69, 9.17) is 0 Å². The largest absolute Gasteiger partial charge is 0.311 e. The van der Waals surface area contributed by atoms with Crippen molar-refractivity contribution in [3.05, 3.63) is 91.0 Å². The van der Waals surface area contributed by atoms with Crippen LogP contribution < -0.4 is 4.90 Å². The molecule has 0 saturated carbocycles. The van der Waals surface area contributed by atoms with E-state index in [1.54, 1.807) is 0 Å². The molecule has 162 valence electrons. The quantitative estimate of drug-likeness (QED) is 0.426. The zero-order valence-electron chi connectivity index (χ0n) is 20.6. The summed E-state index contributed by atoms with van der Waals surface area (Å²) in [7, 11) is 0. The average Bonchev–Trinajstić information content (AvgIpc) is 2.88. The molecule has 0 saturated heterocycles. The lowest BCUT2D eigenvalue weighted by molar-refractivity contribution is 1.28. The van der Waals surface area contributed by atoms with Crippen LogP contribution in [0.15, 0.2) is 91.0 Å². The Hall–Kier alpha value is -2.54. The van der Waals surface area contributed by atoms with Crippen LogP contribution in [-0.4, -0.2) is 0 Å². The lowest BCUT2D eigenvalue weighted by Gasteiger charge is -2.25. The Bertz CT molecular complexity index is 524. The van der Waals surface area contributed by atoms with Gasteiger partial charge < -0.3 is 4.90 Å². The van der Waals surface area contributed by atoms with Crippen LogP contribution in [0.25, 0.3) is 0 Å². The number of rotatable bonds is 3. The second kappa shape index (κ2) is 25.5. The number of benzene rings is 3. The van der Waals surface area contributed by atoms with E-state index in [0.717, 1.165) is 0 Å². The predicted octanol–water partition coefficient (Wildman–Crippen LogP) is 10.3. The van der Waals surface area contributed by atoms with Crippen LogP contribution in [0, 0.1) is 0 Å². The molecule has 0 unspecified atom stereocenters. The second-order valence-electron chi connectivity index (χ2n) is 4.34. The van der Waals surface area contributed by atoms with Crippen LogP contribution in [-0.2, 0) is 0 Å². The van der Waals surface area contributed by atoms with Gasteiger partial charge in [-0.25, -0.2) is 0 Å². The molecule has 0 aliphatic heterocycles. The standard InChI is InChI=1S/C18H15N.5C2H6/c1-4-10-16(11-5-1)19(17-12-6-2-7-13-17)18-14-8-3-9-15-18;5*1-2/h1-15H;5*1-2H3. The molecule has 0 atom stereocenters. The Morgan fingerprint density at radius 3 is 0.655 bits per heavy atom. The summed E-state index contributed by atoms with van der Waals surface area (Å²) in [5.41, 5.74) is 3.50. The van der Waals surface area contributed by atoms with Gasteiger partial charge in [0.15, 0.2) is 0 Å². The van der Waals surface area contributed by atoms with Crippen molar-refractivity contribution < 1.29 is 0 Å². The highest BCUT2D eigenvalue weighted by molar-refractivity contribution is 5.76. The molecule has 0 radical (unpaired) electrons. The van der Waals surface area contributed by atoms with Crippen molar-refractivity contribution in [1.82, 2.24) is 0 Å². The topological polar surface area (TPSA) is 3.24 Å². The smallest absolute Gasteiger partial charge is 0.0461 e. The van der Waals surface area contributed by atoms with E-state index >= 15 is 0 Å². The number of para-hydroxylation sites is 3. The van der Waals surface area contributed by atoms with Gasteiger partial charge in [-0.1, -0.05) is 124 Å². The predicted molar refractivity (Wildman–Crippen MR) is 138 cm³/mol. The molecule has 3 aromatic carbocycles. The second-order valence-corrected chi connectivity index (χ2v) is 4.34. The van der Waals surface area contributed by atoms with Gasteiger partial charge >= 0.3 is 0 Å². The summed E-state index contributed by atoms with van der Waals surface area (Å²) in [6, 6.07) is 31.3. The van der Waals surface area contributed by atoms with E-state index in [1.165, 1.54) is 17.1 Å². The zero-order chi connectivity index (χ0) is 22.9. The highest BCUT2D eigenvalue weighted by atomic mass is 15.1. The molecule has 3 aromatic rings. The molecule has 29 heavy (non-hydrogen) atoms. The molecule has 0 aromatic heterocycles. The summed E-state index contributed by atoms with van der Waals surface area (Å²) in [5, 5.41) is 0. The minimum absolute atomic E-state index is 1.17. The number of nitrogens with zero attached hydrogens (tertiary/aromatic N) is 1. The van der Waals surface area contributed by atoms with Crippen LogP contribution in [0.5, 0.6) is 0 Å². The molecule has 0 aliphatic rings. The summed E-state index contributed by atoms with van der Waals surface area (Å²) in [4.78, 5) is 2.25. The molecule has 0 heterocycles. The zero-order valence-corrected chi connectivity index (χ0v) is 20.6. The van der Waals surface area contributed by atoms with E-state index in [2.05, 4.69) is 77.7 Å². The van der Waals surface area contributed by atoms with Crippen molar-refractivity contribution in [2.24, 2.45) is 0 Å². The van der Waals surface area contributed by atoms with Gasteiger partial charge in [-0.05, 0) is 36.4 Å². The molecule has 0 spiro atoms. The van der Waals surface area contributed by atoms with Crippen molar-refractivity contribution in [1.29, 1.82) is 0 Å². The molecule has 1 nitrogen and oxygen atoms in total. The Morgan fingerprint density at radius 2 is 0.483 bits per heavy atom. The number of hydrogen-bond acceptors (Lipinski definition) is 1. The molecule has 0 amide bonds. The van der Waals surface area contributed by atoms with E-state index < -0.39 is 0 Å². The van der Waals surface area contributed by atoms with E-state index in [0.29, 0.717) is 0 Å². The van der Waals surface area contributed by atoms with Crippen molar-refractivity contribution >= 4 is 17.1 Å². The van der Waals surface area contributed by atoms with Gasteiger partial charge in [-0.15, -0.1) is 0 Å². The van der Waals surface area contributed by atoms with Crippen molar-refractivity contribution in [2.45, 2.75) is 69.2 Å². The average molecular weight is 396 g/mol. The molecule has 0 N–H and O–H groups in total. The third-order valence-electron chi connectivity index (χ3n) is 3.04. The maximum Gasteiger partial charge on any atom is 0.0461 e. The fourth-order valence-electron chi connectivity index (χ4n) is 2.18. The molecular formula is C28H45N. The van der Waals surface area contributed by atoms with Crippen LogP contribution in [0.4, 0.5) is 17.1 Å². The van der Waals surface area contributed by atoms with Crippen molar-refractivity contribution in [3.8, 4) is 0 Å². The monoisotopic (exact) mass is 395 g/mol. The van der Waals surface area contributed by atoms with Gasteiger partial charge in [0.2, 0.25) is 0 Å². The molecule has 0 aliphatic carbocycles. The molecule has 0 fully saturated rings. The molecule has 3 rings (SSSR count). The first-order chi connectivity index (χ1) is 14.4. The third kappa shape index (κ3) is 12.5. The highest BCUT2D eigenvalue weighted by Crippen LogP contribution is 2.33. The Kier molecular flexibility index (Phi) is 27.4. The Balaban J connectivity index is -0.000000594. The molecule has 1 heteroatoms. The maximum absolute atomic E-state index is 2.25. The summed E-state index contributed by atoms with van der Waals surface area (Å²) >= 11 is 0. The maximum atomic E-state index is 2.25. The van der Waals surface area contributed by atoms with Gasteiger partial charge in [-0.2, -0.15) is 0 Å². The first-order valence-corrected chi connectivity index (χ1v) is 11.4. The van der Waals surface area contributed by atoms with Gasteiger partial charge in [0.1, 0.15) is 0 Å². The van der Waals surface area contributed by atoms with Crippen LogP contribution in [0.2, 0.25) is 0 Å². The van der Waals surface area contributed by atoms with Crippen LogP contribution in [0.1, 0.15) is 69.2 Å². The van der Waals surface area contributed by atoms with E-state index in [9.17, 15) is 0 Å². The normalized spacial score (nSPS) is 7.66. The summed E-state index contributed by atoms with van der Waals surface area (Å²) in [6.45, 7) is 20.0. The first kappa shape index (κ1) is 31.2. The molecular weight excluding hydrogens is 350 g/mol. The lowest BCUT2D eigenvalue weighted by Crippen LogP contribution is -2.09. The highest BCUT2D eigenvalue weighted by Gasteiger charge is 2.10. The number of anilines is 3. The Morgan fingerprint density at radius 1 is 0.310 bits per heavy atom. The minimum atomic E-state index is 1.17. The van der Waals surface area contributed by atoms with Gasteiger partial charge in [0.05, 0.1) is 0 Å². The summed E-state index contributed by atoms with van der Waals surface area (Å²) in [5.74, 6) is 0. The van der Waals surface area contributed by atoms with E-state index in [1.807, 2.05) is 87.4 Å². The van der Waals surface area contributed by atoms with Gasteiger partial charge in [0.25, 0.3) is 0 Å². The van der Waals surface area contributed by atoms with E-state index in [-0.39, 0.29) is 0 Å². The summed E-state index contributed by atoms with van der Waals surface area (Å²) < 4.78 is 0. The minimum Gasteiger partial charge on any atom is -0.311 e. The fraction of sp³-hybridized carbons (Fsp3) is 0.357. The van der Waals surface area contributed by atoms with Gasteiger partial charge in [-0.3, -0.25) is 0 Å². The Labute approximate surface area is 182 Å². The number of hydrogen-bond donors (Lipinski definition) is 0. The third-order valence-corrected chi connectivity index (χ3v) is 3.04. The van der Waals surface area contributed by atoms with Crippen molar-refractivity contribution in [3.63, 3.8) is 0 Å². The lowest BCUT2D eigenvalue weighted by atomic mass is 10.2. The molecule has 0 bridgehead atoms. The van der Waals surface area contributed by atoms with Crippen LogP contribution >= 0.6 is 0 Å². The summed E-state index contributed by atoms with van der Waals surface area (Å²) in [6.07, 6.45) is 0. The van der Waals surface area contributed by atoms with Gasteiger partial charge in [0, 0.05) is 17.1 Å². The fourth-order valence-corrected chi connectivity index (χ4v) is 2.18.